The maximum Gasteiger partial charge on any atom is 0.215 e. The minimum Gasteiger partial charge on any atom is -0.496 e. The molecule has 2 aromatic carbocycles. The van der Waals surface area contributed by atoms with Gasteiger partial charge in [-0.1, -0.05) is 12.1 Å². The third-order valence-electron chi connectivity index (χ3n) is 3.23. The highest BCUT2D eigenvalue weighted by Gasteiger charge is 2.12. The van der Waals surface area contributed by atoms with E-state index in [1.807, 2.05) is 0 Å². The molecule has 4 nitrogen and oxygen atoms in total. The highest BCUT2D eigenvalue weighted by atomic mass is 32.2. The Bertz CT molecular complexity index is 761. The molecule has 0 aliphatic heterocycles. The van der Waals surface area contributed by atoms with Crippen LogP contribution < -0.4 is 9.46 Å². The number of hydrogen-bond acceptors (Lipinski definition) is 3. The Morgan fingerprint density at radius 3 is 2.35 bits per heavy atom. The zero-order valence-electron chi connectivity index (χ0n) is 12.6. The van der Waals surface area contributed by atoms with E-state index in [1.165, 1.54) is 49.6 Å². The van der Waals surface area contributed by atoms with Crippen LogP contribution in [0, 0.1) is 11.6 Å². The molecule has 0 saturated heterocycles. The lowest BCUT2D eigenvalue weighted by Gasteiger charge is -2.10. The van der Waals surface area contributed by atoms with E-state index in [-0.39, 0.29) is 12.3 Å². The largest absolute Gasteiger partial charge is 0.496 e. The predicted molar refractivity (Wildman–Crippen MR) is 83.7 cm³/mol. The van der Waals surface area contributed by atoms with Crippen LogP contribution in [-0.4, -0.2) is 22.1 Å². The summed E-state index contributed by atoms with van der Waals surface area (Å²) in [6, 6.07) is 9.35. The van der Waals surface area contributed by atoms with Gasteiger partial charge in [-0.25, -0.2) is 21.9 Å². The van der Waals surface area contributed by atoms with Gasteiger partial charge < -0.3 is 4.74 Å². The molecule has 0 spiro atoms. The topological polar surface area (TPSA) is 55.4 Å². The van der Waals surface area contributed by atoms with E-state index >= 15 is 0 Å². The van der Waals surface area contributed by atoms with Gasteiger partial charge >= 0.3 is 0 Å². The van der Waals surface area contributed by atoms with E-state index < -0.39 is 21.7 Å². The minimum absolute atomic E-state index is 0.114. The first-order valence-electron chi connectivity index (χ1n) is 6.94. The van der Waals surface area contributed by atoms with E-state index in [4.69, 9.17) is 4.74 Å². The number of sulfonamides is 1. The van der Waals surface area contributed by atoms with E-state index in [0.29, 0.717) is 23.3 Å². The Labute approximate surface area is 134 Å². The summed E-state index contributed by atoms with van der Waals surface area (Å²) in [7, 11) is -2.09. The molecule has 0 amide bonds. The molecule has 0 aliphatic rings. The molecule has 124 valence electrons. The summed E-state index contributed by atoms with van der Waals surface area (Å²) in [5.41, 5.74) is 1.07. The maximum atomic E-state index is 13.2. The van der Waals surface area contributed by atoms with Crippen molar-refractivity contribution < 1.29 is 21.9 Å². The molecule has 0 heterocycles. The first-order chi connectivity index (χ1) is 10.9. The normalized spacial score (nSPS) is 11.4. The number of rotatable bonds is 7. The van der Waals surface area contributed by atoms with Crippen molar-refractivity contribution in [1.29, 1.82) is 0 Å². The summed E-state index contributed by atoms with van der Waals surface area (Å²) in [6.45, 7) is 0.114. The zero-order chi connectivity index (χ0) is 16.9. The third-order valence-corrected chi connectivity index (χ3v) is 4.59. The predicted octanol–water partition coefficient (Wildman–Crippen LogP) is 2.64. The summed E-state index contributed by atoms with van der Waals surface area (Å²) in [6.07, 6.45) is 0.295. The first-order valence-corrected chi connectivity index (χ1v) is 8.59. The van der Waals surface area contributed by atoms with Gasteiger partial charge in [-0.3, -0.25) is 0 Å². The molecular weight excluding hydrogens is 324 g/mol. The van der Waals surface area contributed by atoms with Crippen LogP contribution in [0.25, 0.3) is 0 Å². The van der Waals surface area contributed by atoms with Gasteiger partial charge in [0.2, 0.25) is 10.0 Å². The Kier molecular flexibility index (Phi) is 5.68. The van der Waals surface area contributed by atoms with Crippen molar-refractivity contribution >= 4 is 10.0 Å². The Morgan fingerprint density at radius 2 is 1.70 bits per heavy atom. The average Bonchev–Trinajstić information content (AvgIpc) is 2.49. The van der Waals surface area contributed by atoms with Crippen molar-refractivity contribution in [3.05, 3.63) is 65.2 Å². The van der Waals surface area contributed by atoms with Gasteiger partial charge in [0.15, 0.2) is 0 Å². The van der Waals surface area contributed by atoms with Crippen molar-refractivity contribution in [2.75, 3.05) is 13.7 Å². The Morgan fingerprint density at radius 1 is 1.04 bits per heavy atom. The van der Waals surface area contributed by atoms with Gasteiger partial charge in [-0.05, 0) is 47.9 Å². The van der Waals surface area contributed by atoms with Crippen molar-refractivity contribution in [1.82, 2.24) is 4.72 Å². The molecule has 0 unspecified atom stereocenters. The molecule has 0 aromatic heterocycles. The van der Waals surface area contributed by atoms with Crippen LogP contribution in [0.3, 0.4) is 0 Å². The van der Waals surface area contributed by atoms with Gasteiger partial charge in [-0.2, -0.15) is 0 Å². The van der Waals surface area contributed by atoms with Crippen LogP contribution in [0.5, 0.6) is 5.75 Å². The second kappa shape index (κ2) is 7.52. The summed E-state index contributed by atoms with van der Waals surface area (Å²) < 4.78 is 57.6. The van der Waals surface area contributed by atoms with Crippen LogP contribution in [-0.2, 0) is 22.2 Å². The Hall–Kier alpha value is -1.99. The molecule has 0 bridgehead atoms. The fourth-order valence-electron chi connectivity index (χ4n) is 2.13. The molecule has 0 atom stereocenters. The molecular formula is C16H17F2NO3S. The quantitative estimate of drug-likeness (QED) is 0.842. The third kappa shape index (κ3) is 5.30. The molecule has 7 heteroatoms. The monoisotopic (exact) mass is 341 g/mol. The van der Waals surface area contributed by atoms with Crippen LogP contribution in [0.4, 0.5) is 8.78 Å². The summed E-state index contributed by atoms with van der Waals surface area (Å²) >= 11 is 0. The number of hydrogen-bond donors (Lipinski definition) is 1. The smallest absolute Gasteiger partial charge is 0.215 e. The van der Waals surface area contributed by atoms with Crippen LogP contribution >= 0.6 is 0 Å². The second-order valence-electron chi connectivity index (χ2n) is 4.99. The van der Waals surface area contributed by atoms with E-state index in [0.717, 1.165) is 0 Å². The van der Waals surface area contributed by atoms with Crippen molar-refractivity contribution in [2.45, 2.75) is 12.2 Å². The molecule has 23 heavy (non-hydrogen) atoms. The van der Waals surface area contributed by atoms with E-state index in [9.17, 15) is 17.2 Å². The van der Waals surface area contributed by atoms with Crippen LogP contribution in [0.2, 0.25) is 0 Å². The number of ether oxygens (including phenoxy) is 1. The van der Waals surface area contributed by atoms with Gasteiger partial charge in [-0.15, -0.1) is 0 Å². The molecule has 2 rings (SSSR count). The lowest BCUT2D eigenvalue weighted by molar-refractivity contribution is 0.408. The lowest BCUT2D eigenvalue weighted by atomic mass is 10.1. The first kappa shape index (κ1) is 17.4. The van der Waals surface area contributed by atoms with Gasteiger partial charge in [0.1, 0.15) is 17.4 Å². The average molecular weight is 341 g/mol. The van der Waals surface area contributed by atoms with Gasteiger partial charge in [0, 0.05) is 6.54 Å². The van der Waals surface area contributed by atoms with Crippen molar-refractivity contribution in [3.63, 3.8) is 0 Å². The molecule has 0 fully saturated rings. The number of methoxy groups -OCH3 is 1. The fraction of sp³-hybridized carbons (Fsp3) is 0.250. The maximum absolute atomic E-state index is 13.2. The zero-order valence-corrected chi connectivity index (χ0v) is 13.4. The molecule has 0 radical (unpaired) electrons. The fourth-order valence-corrected chi connectivity index (χ4v) is 3.28. The number of benzene rings is 2. The number of halogens is 2. The molecule has 0 saturated carbocycles. The summed E-state index contributed by atoms with van der Waals surface area (Å²) in [5, 5.41) is 0. The van der Waals surface area contributed by atoms with E-state index in [1.54, 1.807) is 0 Å². The minimum atomic E-state index is -3.55. The van der Waals surface area contributed by atoms with Crippen molar-refractivity contribution in [2.24, 2.45) is 0 Å². The summed E-state index contributed by atoms with van der Waals surface area (Å²) in [4.78, 5) is 0. The number of nitrogens with one attached hydrogen (secondary N) is 1. The van der Waals surface area contributed by atoms with Gasteiger partial charge in [0.05, 0.1) is 12.9 Å². The standard InChI is InChI=1S/C16H17F2NO3S/c1-22-16-7-6-15(18)10-13(16)8-9-19-23(20,21)11-12-2-4-14(17)5-3-12/h2-7,10,19H,8-9,11H2,1H3. The molecule has 2 aromatic rings. The van der Waals surface area contributed by atoms with E-state index in [2.05, 4.69) is 4.72 Å². The van der Waals surface area contributed by atoms with Gasteiger partial charge in [0.25, 0.3) is 0 Å². The van der Waals surface area contributed by atoms with Crippen LogP contribution in [0.15, 0.2) is 42.5 Å². The highest BCUT2D eigenvalue weighted by molar-refractivity contribution is 7.88. The second-order valence-corrected chi connectivity index (χ2v) is 6.79. The lowest BCUT2D eigenvalue weighted by Crippen LogP contribution is -2.27. The summed E-state index contributed by atoms with van der Waals surface area (Å²) in [5.74, 6) is -0.565. The van der Waals surface area contributed by atoms with Crippen LogP contribution in [0.1, 0.15) is 11.1 Å². The molecule has 1 N–H and O–H groups in total. The Balaban J connectivity index is 1.94. The molecule has 0 aliphatic carbocycles. The SMILES string of the molecule is COc1ccc(F)cc1CCNS(=O)(=O)Cc1ccc(F)cc1. The highest BCUT2D eigenvalue weighted by Crippen LogP contribution is 2.19. The van der Waals surface area contributed by atoms with Crippen molar-refractivity contribution in [3.8, 4) is 5.75 Å².